The van der Waals surface area contributed by atoms with Crippen molar-refractivity contribution in [1.82, 2.24) is 0 Å². The lowest BCUT2D eigenvalue weighted by Crippen LogP contribution is -2.01. The number of aliphatic hydroxyl groups excluding tert-OH is 1. The highest BCUT2D eigenvalue weighted by molar-refractivity contribution is 9.11. The van der Waals surface area contributed by atoms with Gasteiger partial charge in [0.05, 0.1) is 3.79 Å². The number of halogens is 2. The van der Waals surface area contributed by atoms with Gasteiger partial charge in [0.2, 0.25) is 0 Å². The molecule has 0 saturated heterocycles. The minimum atomic E-state index is -0.577. The summed E-state index contributed by atoms with van der Waals surface area (Å²) < 4.78 is 1.99. The molecule has 0 radical (unpaired) electrons. The van der Waals surface area contributed by atoms with Crippen molar-refractivity contribution in [3.63, 3.8) is 0 Å². The van der Waals surface area contributed by atoms with Gasteiger partial charge in [-0.1, -0.05) is 33.6 Å². The van der Waals surface area contributed by atoms with Gasteiger partial charge in [0.25, 0.3) is 0 Å². The Morgan fingerprint density at radius 1 is 1.12 bits per heavy atom. The molecule has 0 aliphatic heterocycles. The lowest BCUT2D eigenvalue weighted by atomic mass is 10.0. The Bertz CT molecular complexity index is 548. The fourth-order valence-electron chi connectivity index (χ4n) is 1.77. The molecule has 0 aliphatic rings. The van der Waals surface area contributed by atoms with Crippen LogP contribution in [0.5, 0.6) is 0 Å². The van der Waals surface area contributed by atoms with E-state index in [1.807, 2.05) is 38.1 Å². The van der Waals surface area contributed by atoms with Crippen molar-refractivity contribution in [2.24, 2.45) is 0 Å². The number of benzene rings is 1. The molecular weight excluding hydrogens is 364 g/mol. The van der Waals surface area contributed by atoms with Gasteiger partial charge in [0.15, 0.2) is 0 Å². The summed E-state index contributed by atoms with van der Waals surface area (Å²) >= 11 is 8.59. The fourth-order valence-corrected chi connectivity index (χ4v) is 3.98. The zero-order valence-corrected chi connectivity index (χ0v) is 13.5. The van der Waals surface area contributed by atoms with Crippen molar-refractivity contribution < 1.29 is 5.11 Å². The van der Waals surface area contributed by atoms with Gasteiger partial charge in [-0.2, -0.15) is 0 Å². The predicted molar refractivity (Wildman–Crippen MR) is 79.7 cm³/mol. The molecule has 1 N–H and O–H groups in total. The second-order valence-corrected chi connectivity index (χ2v) is 7.48. The maximum Gasteiger partial charge on any atom is 0.106 e. The molecule has 1 atom stereocenters. The van der Waals surface area contributed by atoms with E-state index in [0.29, 0.717) is 0 Å². The Balaban J connectivity index is 2.46. The molecule has 0 aliphatic carbocycles. The summed E-state index contributed by atoms with van der Waals surface area (Å²) in [7, 11) is 0. The second-order valence-electron chi connectivity index (χ2n) is 3.99. The number of rotatable bonds is 2. The molecule has 1 aromatic carbocycles. The van der Waals surface area contributed by atoms with Crippen LogP contribution in [0.3, 0.4) is 0 Å². The number of hydrogen-bond acceptors (Lipinski definition) is 2. The van der Waals surface area contributed by atoms with Crippen LogP contribution in [0.2, 0.25) is 0 Å². The quantitative estimate of drug-likeness (QED) is 0.785. The first-order valence-electron chi connectivity index (χ1n) is 5.19. The average molecular weight is 376 g/mol. The minimum Gasteiger partial charge on any atom is -0.384 e. The molecule has 1 nitrogen and oxygen atoms in total. The monoisotopic (exact) mass is 374 g/mol. The van der Waals surface area contributed by atoms with Gasteiger partial charge in [-0.25, -0.2) is 0 Å². The molecule has 17 heavy (non-hydrogen) atoms. The van der Waals surface area contributed by atoms with E-state index in [9.17, 15) is 5.11 Å². The van der Waals surface area contributed by atoms with Crippen LogP contribution in [-0.4, -0.2) is 5.11 Å². The van der Waals surface area contributed by atoms with Gasteiger partial charge in [-0.3, -0.25) is 0 Å². The molecule has 0 amide bonds. The molecule has 1 unspecified atom stereocenters. The van der Waals surface area contributed by atoms with Crippen molar-refractivity contribution >= 4 is 43.2 Å². The Morgan fingerprint density at radius 3 is 2.41 bits per heavy atom. The standard InChI is InChI=1S/C13H12Br2OS/c1-7-3-4-11(14)10(5-7)13(16)9-6-12(15)17-8(9)2/h3-6,13,16H,1-2H3. The topological polar surface area (TPSA) is 20.2 Å². The smallest absolute Gasteiger partial charge is 0.106 e. The van der Waals surface area contributed by atoms with E-state index in [2.05, 4.69) is 31.9 Å². The lowest BCUT2D eigenvalue weighted by Gasteiger charge is -2.13. The minimum absolute atomic E-state index is 0.577. The van der Waals surface area contributed by atoms with Crippen molar-refractivity contribution in [3.8, 4) is 0 Å². The molecule has 0 fully saturated rings. The number of aryl methyl sites for hydroxylation is 2. The maximum absolute atomic E-state index is 10.4. The van der Waals surface area contributed by atoms with Crippen molar-refractivity contribution in [3.05, 3.63) is 54.1 Å². The predicted octanol–water partition coefficient (Wildman–Crippen LogP) is 4.97. The molecule has 0 saturated carbocycles. The number of hydrogen-bond donors (Lipinski definition) is 1. The Kier molecular flexibility index (Phi) is 4.08. The van der Waals surface area contributed by atoms with Crippen LogP contribution in [0, 0.1) is 13.8 Å². The molecule has 0 spiro atoms. The van der Waals surface area contributed by atoms with E-state index in [1.165, 1.54) is 0 Å². The third-order valence-corrected chi connectivity index (χ3v) is 4.96. The SMILES string of the molecule is Cc1ccc(Br)c(C(O)c2cc(Br)sc2C)c1. The summed E-state index contributed by atoms with van der Waals surface area (Å²) in [4.78, 5) is 1.14. The van der Waals surface area contributed by atoms with Gasteiger partial charge in [-0.15, -0.1) is 11.3 Å². The molecule has 1 heterocycles. The Labute approximate surface area is 122 Å². The Morgan fingerprint density at radius 2 is 1.82 bits per heavy atom. The molecule has 2 aromatic rings. The fraction of sp³-hybridized carbons (Fsp3) is 0.231. The van der Waals surface area contributed by atoms with Gasteiger partial charge < -0.3 is 5.11 Å². The molecule has 1 aromatic heterocycles. The van der Waals surface area contributed by atoms with E-state index >= 15 is 0 Å². The van der Waals surface area contributed by atoms with Crippen LogP contribution in [0.15, 0.2) is 32.5 Å². The number of thiophene rings is 1. The highest BCUT2D eigenvalue weighted by Gasteiger charge is 2.17. The summed E-state index contributed by atoms with van der Waals surface area (Å²) in [5.74, 6) is 0. The van der Waals surface area contributed by atoms with Gasteiger partial charge in [-0.05, 0) is 53.0 Å². The van der Waals surface area contributed by atoms with Crippen molar-refractivity contribution in [2.45, 2.75) is 20.0 Å². The van der Waals surface area contributed by atoms with Crippen LogP contribution in [0.25, 0.3) is 0 Å². The van der Waals surface area contributed by atoms with Crippen molar-refractivity contribution in [2.75, 3.05) is 0 Å². The second kappa shape index (κ2) is 5.22. The third kappa shape index (κ3) is 2.81. The van der Waals surface area contributed by atoms with E-state index in [0.717, 1.165) is 29.8 Å². The van der Waals surface area contributed by atoms with E-state index < -0.39 is 6.10 Å². The Hall–Kier alpha value is -0.160. The van der Waals surface area contributed by atoms with Crippen LogP contribution in [-0.2, 0) is 0 Å². The molecule has 90 valence electrons. The number of aliphatic hydroxyl groups is 1. The van der Waals surface area contributed by atoms with E-state index in [4.69, 9.17) is 0 Å². The normalized spacial score (nSPS) is 12.8. The summed E-state index contributed by atoms with van der Waals surface area (Å²) in [6, 6.07) is 8.00. The van der Waals surface area contributed by atoms with Crippen LogP contribution in [0.1, 0.15) is 27.7 Å². The first-order valence-corrected chi connectivity index (χ1v) is 7.59. The average Bonchev–Trinajstić information content (AvgIpc) is 2.60. The van der Waals surface area contributed by atoms with E-state index in [-0.39, 0.29) is 0 Å². The summed E-state index contributed by atoms with van der Waals surface area (Å²) in [5, 5.41) is 10.4. The van der Waals surface area contributed by atoms with Gasteiger partial charge in [0.1, 0.15) is 6.10 Å². The molecular formula is C13H12Br2OS. The van der Waals surface area contributed by atoms with Gasteiger partial charge >= 0.3 is 0 Å². The molecule has 2 rings (SSSR count). The third-order valence-electron chi connectivity index (χ3n) is 2.67. The van der Waals surface area contributed by atoms with Crippen LogP contribution in [0.4, 0.5) is 0 Å². The van der Waals surface area contributed by atoms with Gasteiger partial charge in [0, 0.05) is 9.35 Å². The zero-order chi connectivity index (χ0) is 12.6. The van der Waals surface area contributed by atoms with Crippen LogP contribution < -0.4 is 0 Å². The summed E-state index contributed by atoms with van der Waals surface area (Å²) in [6.07, 6.45) is -0.577. The van der Waals surface area contributed by atoms with E-state index in [1.54, 1.807) is 11.3 Å². The largest absolute Gasteiger partial charge is 0.384 e. The first kappa shape index (κ1) is 13.3. The lowest BCUT2D eigenvalue weighted by molar-refractivity contribution is 0.219. The highest BCUT2D eigenvalue weighted by atomic mass is 79.9. The highest BCUT2D eigenvalue weighted by Crippen LogP contribution is 2.36. The summed E-state index contributed by atoms with van der Waals surface area (Å²) in [5.41, 5.74) is 3.03. The molecule has 0 bridgehead atoms. The van der Waals surface area contributed by atoms with Crippen molar-refractivity contribution in [1.29, 1.82) is 0 Å². The summed E-state index contributed by atoms with van der Waals surface area (Å²) in [6.45, 7) is 4.05. The maximum atomic E-state index is 10.4. The zero-order valence-electron chi connectivity index (χ0n) is 9.50. The molecule has 4 heteroatoms. The van der Waals surface area contributed by atoms with Crippen LogP contribution >= 0.6 is 43.2 Å². The first-order chi connectivity index (χ1) is 7.99.